The molecule has 10 heteroatoms. The molecule has 1 unspecified atom stereocenters. The van der Waals surface area contributed by atoms with Crippen molar-refractivity contribution >= 4 is 35.4 Å². The second-order valence-corrected chi connectivity index (χ2v) is 5.61. The van der Waals surface area contributed by atoms with Crippen LogP contribution in [0.2, 0.25) is 10.0 Å². The van der Waals surface area contributed by atoms with Crippen LogP contribution in [0, 0.1) is 5.82 Å². The summed E-state index contributed by atoms with van der Waals surface area (Å²) in [5.41, 5.74) is 3.22. The summed E-state index contributed by atoms with van der Waals surface area (Å²) in [7, 11) is 0. The lowest BCUT2D eigenvalue weighted by molar-refractivity contribution is 0.276. The summed E-state index contributed by atoms with van der Waals surface area (Å²) in [6, 6.07) is 2.33. The number of rotatable bonds is 5. The second-order valence-electron chi connectivity index (χ2n) is 4.82. The number of benzene rings is 1. The van der Waals surface area contributed by atoms with E-state index in [1.807, 2.05) is 0 Å². The zero-order valence-corrected chi connectivity index (χ0v) is 13.7. The molecule has 0 bridgehead atoms. The zero-order chi connectivity index (χ0) is 17.1. The Hall–Kier alpha value is -2.00. The minimum absolute atomic E-state index is 0.0230. The van der Waals surface area contributed by atoms with Gasteiger partial charge in [0.25, 0.3) is 5.95 Å². The summed E-state index contributed by atoms with van der Waals surface area (Å²) < 4.78 is 18.9. The van der Waals surface area contributed by atoms with Crippen molar-refractivity contribution in [3.8, 4) is 5.75 Å². The van der Waals surface area contributed by atoms with Crippen molar-refractivity contribution in [1.82, 2.24) is 15.4 Å². The lowest BCUT2D eigenvalue weighted by Crippen LogP contribution is -2.38. The fourth-order valence-electron chi connectivity index (χ4n) is 1.92. The molecule has 1 atom stereocenters. The van der Waals surface area contributed by atoms with E-state index in [1.165, 1.54) is 29.6 Å². The molecule has 126 valence electrons. The van der Waals surface area contributed by atoms with E-state index in [0.717, 1.165) is 0 Å². The summed E-state index contributed by atoms with van der Waals surface area (Å²) >= 11 is 11.9. The van der Waals surface area contributed by atoms with E-state index in [2.05, 4.69) is 20.5 Å². The molecule has 0 saturated carbocycles. The van der Waals surface area contributed by atoms with Crippen LogP contribution in [0.5, 0.6) is 5.75 Å². The van der Waals surface area contributed by atoms with Crippen molar-refractivity contribution in [2.45, 2.75) is 12.6 Å². The minimum Gasteiger partial charge on any atom is -0.486 e. The molecule has 0 saturated heterocycles. The van der Waals surface area contributed by atoms with Gasteiger partial charge in [0, 0.05) is 16.8 Å². The van der Waals surface area contributed by atoms with Crippen molar-refractivity contribution in [2.24, 2.45) is 5.10 Å². The first-order valence-corrected chi connectivity index (χ1v) is 7.62. The van der Waals surface area contributed by atoms with E-state index in [9.17, 15) is 4.39 Å². The van der Waals surface area contributed by atoms with Gasteiger partial charge in [-0.3, -0.25) is 0 Å². The van der Waals surface area contributed by atoms with E-state index < -0.39 is 5.82 Å². The zero-order valence-electron chi connectivity index (χ0n) is 12.2. The smallest absolute Gasteiger partial charge is 0.261 e. The Balaban J connectivity index is 1.65. The van der Waals surface area contributed by atoms with Crippen molar-refractivity contribution in [3.63, 3.8) is 0 Å². The quantitative estimate of drug-likeness (QED) is 0.783. The molecule has 0 fully saturated rings. The molecule has 0 spiro atoms. The van der Waals surface area contributed by atoms with E-state index in [0.29, 0.717) is 16.3 Å². The number of aliphatic hydroxyl groups excluding tert-OH is 1. The molecule has 2 N–H and O–H groups in total. The molecule has 7 nitrogen and oxygen atoms in total. The first kappa shape index (κ1) is 16.8. The largest absolute Gasteiger partial charge is 0.486 e. The van der Waals surface area contributed by atoms with E-state index >= 15 is 0 Å². The molecule has 1 aliphatic heterocycles. The number of anilines is 1. The van der Waals surface area contributed by atoms with Gasteiger partial charge in [0.1, 0.15) is 12.4 Å². The third-order valence-electron chi connectivity index (χ3n) is 3.17. The molecule has 0 amide bonds. The number of hydrogen-bond donors (Lipinski definition) is 2. The Morgan fingerprint density at radius 1 is 1.29 bits per heavy atom. The maximum atomic E-state index is 13.5. The first-order valence-electron chi connectivity index (χ1n) is 6.87. The average molecular weight is 372 g/mol. The molecule has 1 aromatic heterocycles. The molecular weight excluding hydrogens is 360 g/mol. The van der Waals surface area contributed by atoms with Gasteiger partial charge in [0.15, 0.2) is 5.75 Å². The molecule has 3 rings (SSSR count). The first-order chi connectivity index (χ1) is 11.6. The highest BCUT2D eigenvalue weighted by Crippen LogP contribution is 2.28. The normalized spacial score (nSPS) is 16.7. The molecule has 0 aliphatic carbocycles. The second kappa shape index (κ2) is 7.27. The molecule has 1 aliphatic rings. The molecule has 1 aromatic carbocycles. The molecule has 2 aromatic rings. The lowest BCUT2D eigenvalue weighted by Gasteiger charge is -2.14. The Morgan fingerprint density at radius 3 is 2.71 bits per heavy atom. The number of nitrogens with one attached hydrogen (secondary N) is 1. The van der Waals surface area contributed by atoms with Gasteiger partial charge in [-0.05, 0) is 12.1 Å². The van der Waals surface area contributed by atoms with Crippen LogP contribution < -0.4 is 15.3 Å². The Bertz CT molecular complexity index is 760. The standard InChI is InChI=1S/C14H12Cl2FN5O2/c15-11-1-2-12(17)13(16)10(11)7-24-9-4-18-14(19-5-9)22-20-3-8(6-23)21-22/h1-5,8,21,23H,6-7H2. The Labute approximate surface area is 146 Å². The number of hydrazine groups is 1. The topological polar surface area (TPSA) is 82.9 Å². The number of aromatic nitrogens is 2. The van der Waals surface area contributed by atoms with Crippen LogP contribution in [0.15, 0.2) is 29.6 Å². The van der Waals surface area contributed by atoms with Crippen molar-refractivity contribution in [3.05, 3.63) is 46.0 Å². The summed E-state index contributed by atoms with van der Waals surface area (Å²) in [5, 5.41) is 14.6. The summed E-state index contributed by atoms with van der Waals surface area (Å²) in [5.74, 6) is 0.0797. The van der Waals surface area contributed by atoms with Crippen LogP contribution in [0.1, 0.15) is 5.56 Å². The number of halogens is 3. The highest BCUT2D eigenvalue weighted by molar-refractivity contribution is 6.36. The minimum atomic E-state index is -0.567. The van der Waals surface area contributed by atoms with Crippen LogP contribution in [0.4, 0.5) is 10.3 Å². The van der Waals surface area contributed by atoms with Crippen molar-refractivity contribution in [1.29, 1.82) is 0 Å². The molecule has 24 heavy (non-hydrogen) atoms. The molecular formula is C14H12Cl2FN5O2. The van der Waals surface area contributed by atoms with Gasteiger partial charge >= 0.3 is 0 Å². The van der Waals surface area contributed by atoms with Crippen LogP contribution >= 0.6 is 23.2 Å². The lowest BCUT2D eigenvalue weighted by atomic mass is 10.2. The average Bonchev–Trinajstić information content (AvgIpc) is 3.08. The predicted molar refractivity (Wildman–Crippen MR) is 87.8 cm³/mol. The van der Waals surface area contributed by atoms with Gasteiger partial charge in [-0.15, -0.1) is 0 Å². The van der Waals surface area contributed by atoms with Gasteiger partial charge < -0.3 is 9.84 Å². The predicted octanol–water partition coefficient (Wildman–Crippen LogP) is 2.17. The highest BCUT2D eigenvalue weighted by atomic mass is 35.5. The van der Waals surface area contributed by atoms with Crippen molar-refractivity contribution < 1.29 is 14.2 Å². The van der Waals surface area contributed by atoms with E-state index in [1.54, 1.807) is 6.21 Å². The fraction of sp³-hybridized carbons (Fsp3) is 0.214. The molecule has 0 radical (unpaired) electrons. The highest BCUT2D eigenvalue weighted by Gasteiger charge is 2.19. The van der Waals surface area contributed by atoms with Crippen LogP contribution in [0.3, 0.4) is 0 Å². The number of ether oxygens (including phenoxy) is 1. The number of hydrazone groups is 1. The number of hydrogen-bond acceptors (Lipinski definition) is 7. The maximum Gasteiger partial charge on any atom is 0.261 e. The van der Waals surface area contributed by atoms with Crippen LogP contribution in [-0.4, -0.2) is 33.9 Å². The third kappa shape index (κ3) is 3.57. The van der Waals surface area contributed by atoms with Gasteiger partial charge in [0.2, 0.25) is 0 Å². The van der Waals surface area contributed by atoms with Crippen molar-refractivity contribution in [2.75, 3.05) is 11.7 Å². The van der Waals surface area contributed by atoms with E-state index in [-0.39, 0.29) is 30.2 Å². The number of aliphatic hydroxyl groups is 1. The Morgan fingerprint density at radius 2 is 2.04 bits per heavy atom. The Kier molecular flexibility index (Phi) is 5.10. The van der Waals surface area contributed by atoms with Gasteiger partial charge in [-0.25, -0.2) is 14.4 Å². The van der Waals surface area contributed by atoms with Crippen LogP contribution in [0.25, 0.3) is 0 Å². The van der Waals surface area contributed by atoms with Gasteiger partial charge in [-0.1, -0.05) is 23.2 Å². The maximum absolute atomic E-state index is 13.5. The SMILES string of the molecule is OCC1C=NN(c2ncc(OCc3c(Cl)ccc(F)c3Cl)cn2)N1. The third-order valence-corrected chi connectivity index (χ3v) is 3.94. The number of nitrogens with zero attached hydrogens (tertiary/aromatic N) is 4. The van der Waals surface area contributed by atoms with Crippen LogP contribution in [-0.2, 0) is 6.61 Å². The summed E-state index contributed by atoms with van der Waals surface area (Å²) in [6.45, 7) is -0.110. The fourth-order valence-corrected chi connectivity index (χ4v) is 2.40. The summed E-state index contributed by atoms with van der Waals surface area (Å²) in [6.07, 6.45) is 4.42. The monoisotopic (exact) mass is 371 g/mol. The van der Waals surface area contributed by atoms with E-state index in [4.69, 9.17) is 33.0 Å². The summed E-state index contributed by atoms with van der Waals surface area (Å²) in [4.78, 5) is 8.19. The van der Waals surface area contributed by atoms with Gasteiger partial charge in [0.05, 0.1) is 30.1 Å². The molecule has 2 heterocycles. The van der Waals surface area contributed by atoms with Gasteiger partial charge in [-0.2, -0.15) is 15.6 Å².